The quantitative estimate of drug-likeness (QED) is 0.688. The lowest BCUT2D eigenvalue weighted by molar-refractivity contribution is 0.183. The Labute approximate surface area is 87.9 Å². The summed E-state index contributed by atoms with van der Waals surface area (Å²) in [4.78, 5) is 4.32. The van der Waals surface area contributed by atoms with E-state index in [9.17, 15) is 0 Å². The molecule has 0 saturated heterocycles. The lowest BCUT2D eigenvalue weighted by Gasteiger charge is -2.13. The molecular weight excluding hydrogens is 200 g/mol. The normalized spacial score (nSPS) is 13.1. The number of nitrogens with zero attached hydrogens (tertiary/aromatic N) is 1. The minimum absolute atomic E-state index is 0.0624. The molecule has 2 N–H and O–H groups in total. The molecule has 0 aliphatic carbocycles. The van der Waals surface area contributed by atoms with E-state index < -0.39 is 0 Å². The van der Waals surface area contributed by atoms with E-state index in [4.69, 9.17) is 9.84 Å². The van der Waals surface area contributed by atoms with Crippen molar-refractivity contribution in [3.05, 3.63) is 16.1 Å². The summed E-state index contributed by atoms with van der Waals surface area (Å²) in [5.41, 5.74) is 0.908. The molecule has 5 heteroatoms. The summed E-state index contributed by atoms with van der Waals surface area (Å²) in [7, 11) is 1.66. The van der Waals surface area contributed by atoms with Crippen LogP contribution in [0.15, 0.2) is 5.38 Å². The largest absolute Gasteiger partial charge is 0.394 e. The van der Waals surface area contributed by atoms with Crippen LogP contribution in [-0.4, -0.2) is 37.0 Å². The van der Waals surface area contributed by atoms with Gasteiger partial charge in [-0.15, -0.1) is 11.3 Å². The number of thiazole rings is 1. The SMILES string of the molecule is COCCNC(CO)c1csc(C)n1. The third-order valence-electron chi connectivity index (χ3n) is 1.87. The molecule has 80 valence electrons. The molecular formula is C9H16N2O2S. The average molecular weight is 216 g/mol. The smallest absolute Gasteiger partial charge is 0.0898 e. The molecule has 0 spiro atoms. The monoisotopic (exact) mass is 216 g/mol. The molecule has 0 saturated carbocycles. The molecule has 1 aromatic rings. The lowest BCUT2D eigenvalue weighted by atomic mass is 10.2. The zero-order chi connectivity index (χ0) is 10.4. The van der Waals surface area contributed by atoms with Crippen LogP contribution in [0.25, 0.3) is 0 Å². The molecule has 0 bridgehead atoms. The van der Waals surface area contributed by atoms with Gasteiger partial charge in [0.25, 0.3) is 0 Å². The minimum Gasteiger partial charge on any atom is -0.394 e. The van der Waals surface area contributed by atoms with E-state index >= 15 is 0 Å². The fraction of sp³-hybridized carbons (Fsp3) is 0.667. The molecule has 0 aliphatic heterocycles. The third-order valence-corrected chi connectivity index (χ3v) is 2.67. The number of hydrogen-bond acceptors (Lipinski definition) is 5. The first-order chi connectivity index (χ1) is 6.77. The zero-order valence-electron chi connectivity index (χ0n) is 8.49. The number of aromatic nitrogens is 1. The Bertz CT molecular complexity index is 265. The zero-order valence-corrected chi connectivity index (χ0v) is 9.30. The average Bonchev–Trinajstić information content (AvgIpc) is 2.60. The number of ether oxygens (including phenoxy) is 1. The maximum atomic E-state index is 9.15. The van der Waals surface area contributed by atoms with Gasteiger partial charge in [0.05, 0.1) is 30.0 Å². The van der Waals surface area contributed by atoms with Crippen molar-refractivity contribution in [2.24, 2.45) is 0 Å². The number of hydrogen-bond donors (Lipinski definition) is 2. The Morgan fingerprint density at radius 2 is 2.50 bits per heavy atom. The number of rotatable bonds is 6. The van der Waals surface area contributed by atoms with Crippen molar-refractivity contribution in [1.29, 1.82) is 0 Å². The predicted molar refractivity (Wildman–Crippen MR) is 56.6 cm³/mol. The highest BCUT2D eigenvalue weighted by atomic mass is 32.1. The van der Waals surface area contributed by atoms with Crippen molar-refractivity contribution < 1.29 is 9.84 Å². The van der Waals surface area contributed by atoms with Gasteiger partial charge in [-0.25, -0.2) is 4.98 Å². The van der Waals surface area contributed by atoms with E-state index in [0.29, 0.717) is 6.61 Å². The van der Waals surface area contributed by atoms with Gasteiger partial charge in [-0.1, -0.05) is 0 Å². The summed E-state index contributed by atoms with van der Waals surface area (Å²) < 4.78 is 4.92. The number of aliphatic hydroxyl groups excluding tert-OH is 1. The van der Waals surface area contributed by atoms with E-state index in [2.05, 4.69) is 10.3 Å². The van der Waals surface area contributed by atoms with Gasteiger partial charge < -0.3 is 15.2 Å². The van der Waals surface area contributed by atoms with Crippen LogP contribution in [0.1, 0.15) is 16.7 Å². The summed E-state index contributed by atoms with van der Waals surface area (Å²) in [6, 6.07) is -0.0740. The molecule has 1 heterocycles. The predicted octanol–water partition coefficient (Wildman–Crippen LogP) is 0.721. The fourth-order valence-electron chi connectivity index (χ4n) is 1.14. The first kappa shape index (κ1) is 11.6. The highest BCUT2D eigenvalue weighted by Crippen LogP contribution is 2.15. The van der Waals surface area contributed by atoms with Gasteiger partial charge in [-0.3, -0.25) is 0 Å². The summed E-state index contributed by atoms with van der Waals surface area (Å²) in [6.07, 6.45) is 0. The van der Waals surface area contributed by atoms with Gasteiger partial charge in [0, 0.05) is 19.0 Å². The van der Waals surface area contributed by atoms with Crippen molar-refractivity contribution in [2.45, 2.75) is 13.0 Å². The van der Waals surface area contributed by atoms with Crippen LogP contribution in [0.2, 0.25) is 0 Å². The second-order valence-electron chi connectivity index (χ2n) is 2.97. The van der Waals surface area contributed by atoms with Crippen molar-refractivity contribution in [1.82, 2.24) is 10.3 Å². The van der Waals surface area contributed by atoms with Crippen LogP contribution < -0.4 is 5.32 Å². The minimum atomic E-state index is -0.0740. The summed E-state index contributed by atoms with van der Waals surface area (Å²) in [5, 5.41) is 15.3. The van der Waals surface area contributed by atoms with Gasteiger partial charge in [-0.05, 0) is 6.92 Å². The maximum Gasteiger partial charge on any atom is 0.0898 e. The van der Waals surface area contributed by atoms with E-state index in [1.165, 1.54) is 0 Å². The van der Waals surface area contributed by atoms with E-state index in [-0.39, 0.29) is 12.6 Å². The molecule has 4 nitrogen and oxygen atoms in total. The standard InChI is InChI=1S/C9H16N2O2S/c1-7-11-9(6-14-7)8(5-12)10-3-4-13-2/h6,8,10,12H,3-5H2,1-2H3. The maximum absolute atomic E-state index is 9.15. The summed E-state index contributed by atoms with van der Waals surface area (Å²) in [5.74, 6) is 0. The van der Waals surface area contributed by atoms with Crippen LogP contribution in [0, 0.1) is 6.92 Å². The summed E-state index contributed by atoms with van der Waals surface area (Å²) in [6.45, 7) is 3.38. The fourth-order valence-corrected chi connectivity index (χ4v) is 1.80. The molecule has 0 amide bonds. The highest BCUT2D eigenvalue weighted by Gasteiger charge is 2.11. The van der Waals surface area contributed by atoms with Crippen LogP contribution in [0.3, 0.4) is 0 Å². The van der Waals surface area contributed by atoms with Crippen LogP contribution in [0.5, 0.6) is 0 Å². The van der Waals surface area contributed by atoms with Gasteiger partial charge >= 0.3 is 0 Å². The molecule has 1 atom stereocenters. The number of aryl methyl sites for hydroxylation is 1. The third kappa shape index (κ3) is 3.34. The lowest BCUT2D eigenvalue weighted by Crippen LogP contribution is -2.27. The summed E-state index contributed by atoms with van der Waals surface area (Å²) >= 11 is 1.59. The number of nitrogens with one attached hydrogen (secondary N) is 1. The highest BCUT2D eigenvalue weighted by molar-refractivity contribution is 7.09. The van der Waals surface area contributed by atoms with Crippen LogP contribution in [0.4, 0.5) is 0 Å². The van der Waals surface area contributed by atoms with Crippen molar-refractivity contribution >= 4 is 11.3 Å². The molecule has 0 radical (unpaired) electrons. The van der Waals surface area contributed by atoms with E-state index in [0.717, 1.165) is 17.2 Å². The second-order valence-corrected chi connectivity index (χ2v) is 4.04. The van der Waals surface area contributed by atoms with Gasteiger partial charge in [0.1, 0.15) is 0 Å². The Hall–Kier alpha value is -0.490. The van der Waals surface area contributed by atoms with Crippen molar-refractivity contribution in [2.75, 3.05) is 26.9 Å². The topological polar surface area (TPSA) is 54.4 Å². The number of methoxy groups -OCH3 is 1. The van der Waals surface area contributed by atoms with Gasteiger partial charge in [0.2, 0.25) is 0 Å². The molecule has 1 unspecified atom stereocenters. The van der Waals surface area contributed by atoms with E-state index in [1.54, 1.807) is 18.4 Å². The Morgan fingerprint density at radius 3 is 3.00 bits per heavy atom. The second kappa shape index (κ2) is 6.08. The Balaban J connectivity index is 2.45. The first-order valence-corrected chi connectivity index (χ1v) is 5.41. The molecule has 0 aromatic carbocycles. The first-order valence-electron chi connectivity index (χ1n) is 4.53. The van der Waals surface area contributed by atoms with Crippen molar-refractivity contribution in [3.63, 3.8) is 0 Å². The van der Waals surface area contributed by atoms with Gasteiger partial charge in [0.15, 0.2) is 0 Å². The molecule has 14 heavy (non-hydrogen) atoms. The Morgan fingerprint density at radius 1 is 1.71 bits per heavy atom. The molecule has 1 aromatic heterocycles. The van der Waals surface area contributed by atoms with Crippen LogP contribution >= 0.6 is 11.3 Å². The Kier molecular flexibility index (Phi) is 5.03. The number of aliphatic hydroxyl groups is 1. The van der Waals surface area contributed by atoms with Crippen LogP contribution in [-0.2, 0) is 4.74 Å². The van der Waals surface area contributed by atoms with Crippen molar-refractivity contribution in [3.8, 4) is 0 Å². The van der Waals surface area contributed by atoms with Gasteiger partial charge in [-0.2, -0.15) is 0 Å². The molecule has 0 aliphatic rings. The van der Waals surface area contributed by atoms with E-state index in [1.807, 2.05) is 12.3 Å². The molecule has 1 rings (SSSR count). The molecule has 0 fully saturated rings.